The van der Waals surface area contributed by atoms with Crippen LogP contribution in [0.3, 0.4) is 0 Å². The van der Waals surface area contributed by atoms with Crippen molar-refractivity contribution in [3.63, 3.8) is 0 Å². The lowest BCUT2D eigenvalue weighted by Crippen LogP contribution is -2.41. The van der Waals surface area contributed by atoms with Gasteiger partial charge in [0, 0.05) is 18.8 Å². The molecule has 0 saturated heterocycles. The molecule has 1 aromatic rings. The first kappa shape index (κ1) is 12.5. The number of allylic oxidation sites excluding steroid dienone is 1. The monoisotopic (exact) mass is 256 g/mol. The second kappa shape index (κ2) is 4.22. The molecular formula is C17H20O2. The predicted molar refractivity (Wildman–Crippen MR) is 75.4 cm³/mol. The van der Waals surface area contributed by atoms with Gasteiger partial charge in [0.1, 0.15) is 17.1 Å². The minimum atomic E-state index is -0.296. The van der Waals surface area contributed by atoms with E-state index >= 15 is 0 Å². The molecule has 0 radical (unpaired) electrons. The van der Waals surface area contributed by atoms with E-state index in [1.807, 2.05) is 6.92 Å². The number of rotatable bonds is 2. The van der Waals surface area contributed by atoms with Crippen LogP contribution in [-0.4, -0.2) is 11.4 Å². The molecule has 1 aliphatic carbocycles. The molecular weight excluding hydrogens is 236 g/mol. The van der Waals surface area contributed by atoms with Crippen molar-refractivity contribution in [3.8, 4) is 5.75 Å². The first-order valence-electron chi connectivity index (χ1n) is 6.94. The highest BCUT2D eigenvalue weighted by Crippen LogP contribution is 2.46. The molecule has 0 N–H and O–H groups in total. The van der Waals surface area contributed by atoms with E-state index in [1.54, 1.807) is 0 Å². The smallest absolute Gasteiger partial charge is 0.137 e. The topological polar surface area (TPSA) is 26.3 Å². The quantitative estimate of drug-likeness (QED) is 0.757. The van der Waals surface area contributed by atoms with Crippen molar-refractivity contribution in [2.45, 2.75) is 45.1 Å². The van der Waals surface area contributed by atoms with Crippen LogP contribution in [0.25, 0.3) is 0 Å². The minimum Gasteiger partial charge on any atom is -0.486 e. The van der Waals surface area contributed by atoms with E-state index < -0.39 is 0 Å². The summed E-state index contributed by atoms with van der Waals surface area (Å²) in [7, 11) is 0. The Morgan fingerprint density at radius 1 is 1.47 bits per heavy atom. The molecule has 0 spiro atoms. The highest BCUT2D eigenvalue weighted by molar-refractivity contribution is 5.83. The van der Waals surface area contributed by atoms with Crippen LogP contribution in [0.5, 0.6) is 5.75 Å². The number of benzene rings is 1. The number of para-hydroxylation sites is 1. The number of carbonyl (C=O) groups is 1. The molecule has 3 rings (SSSR count). The summed E-state index contributed by atoms with van der Waals surface area (Å²) in [5.41, 5.74) is 3.28. The van der Waals surface area contributed by atoms with Gasteiger partial charge in [-0.15, -0.1) is 0 Å². The van der Waals surface area contributed by atoms with Gasteiger partial charge < -0.3 is 4.74 Å². The molecule has 2 aliphatic rings. The van der Waals surface area contributed by atoms with Crippen molar-refractivity contribution in [2.75, 3.05) is 0 Å². The summed E-state index contributed by atoms with van der Waals surface area (Å²) in [6, 6.07) is 6.31. The lowest BCUT2D eigenvalue weighted by Gasteiger charge is -2.38. The summed E-state index contributed by atoms with van der Waals surface area (Å²) >= 11 is 0. The van der Waals surface area contributed by atoms with Gasteiger partial charge in [-0.25, -0.2) is 0 Å². The molecule has 19 heavy (non-hydrogen) atoms. The molecule has 0 aromatic heterocycles. The van der Waals surface area contributed by atoms with E-state index in [4.69, 9.17) is 4.74 Å². The van der Waals surface area contributed by atoms with Crippen molar-refractivity contribution in [1.29, 1.82) is 0 Å². The maximum Gasteiger partial charge on any atom is 0.137 e. The molecule has 1 fully saturated rings. The van der Waals surface area contributed by atoms with Gasteiger partial charge in [0.2, 0.25) is 0 Å². The van der Waals surface area contributed by atoms with Crippen molar-refractivity contribution in [2.24, 2.45) is 5.92 Å². The second-order valence-electron chi connectivity index (χ2n) is 6.27. The fourth-order valence-electron chi connectivity index (χ4n) is 3.40. The van der Waals surface area contributed by atoms with Crippen LogP contribution >= 0.6 is 0 Å². The van der Waals surface area contributed by atoms with Crippen molar-refractivity contribution < 1.29 is 9.53 Å². The lowest BCUT2D eigenvalue weighted by atomic mass is 9.83. The van der Waals surface area contributed by atoms with Crippen molar-refractivity contribution >= 4 is 5.78 Å². The number of hydrogen-bond acceptors (Lipinski definition) is 2. The minimum absolute atomic E-state index is 0.296. The lowest BCUT2D eigenvalue weighted by molar-refractivity contribution is -0.118. The van der Waals surface area contributed by atoms with Crippen LogP contribution in [-0.2, 0) is 17.6 Å². The van der Waals surface area contributed by atoms with E-state index in [0.29, 0.717) is 24.5 Å². The number of fused-ring (bicyclic) bond motifs is 2. The zero-order valence-electron chi connectivity index (χ0n) is 11.7. The molecule has 2 unspecified atom stereocenters. The fraction of sp³-hybridized carbons (Fsp3) is 0.471. The molecule has 1 heterocycles. The van der Waals surface area contributed by atoms with E-state index in [1.165, 1.54) is 11.1 Å². The second-order valence-corrected chi connectivity index (χ2v) is 6.27. The first-order valence-corrected chi connectivity index (χ1v) is 6.94. The first-order chi connectivity index (χ1) is 8.98. The molecule has 2 heteroatoms. The number of Topliss-reactive ketones (excluding diaryl/α,β-unsaturated/α-hetero) is 1. The Bertz CT molecular complexity index is 558. The Kier molecular flexibility index (Phi) is 2.77. The Labute approximate surface area is 114 Å². The summed E-state index contributed by atoms with van der Waals surface area (Å²) in [6.07, 6.45) is 3.03. The largest absolute Gasteiger partial charge is 0.486 e. The Balaban J connectivity index is 2.00. The van der Waals surface area contributed by atoms with E-state index in [0.717, 1.165) is 24.2 Å². The summed E-state index contributed by atoms with van der Waals surface area (Å²) in [6.45, 7) is 8.11. The Morgan fingerprint density at radius 2 is 2.26 bits per heavy atom. The van der Waals surface area contributed by atoms with Gasteiger partial charge >= 0.3 is 0 Å². The number of carbonyl (C=O) groups excluding carboxylic acids is 1. The van der Waals surface area contributed by atoms with Crippen LogP contribution in [0.2, 0.25) is 0 Å². The zero-order chi connectivity index (χ0) is 13.6. The zero-order valence-corrected chi connectivity index (χ0v) is 11.7. The van der Waals surface area contributed by atoms with Gasteiger partial charge in [-0.2, -0.15) is 0 Å². The summed E-state index contributed by atoms with van der Waals surface area (Å²) < 4.78 is 6.28. The van der Waals surface area contributed by atoms with Gasteiger partial charge in [-0.1, -0.05) is 30.4 Å². The standard InChI is InChI=1S/C17H20O2/c1-11(2)7-12-5-4-6-13-8-14-9-15(18)10-17(14,3)19-16(12)13/h4-6,14H,1,7-10H2,2-3H3. The number of hydrogen-bond donors (Lipinski definition) is 0. The predicted octanol–water partition coefficient (Wildman–Crippen LogP) is 3.48. The maximum absolute atomic E-state index is 11.7. The molecule has 2 atom stereocenters. The summed E-state index contributed by atoms with van der Waals surface area (Å²) in [5.74, 6) is 1.67. The highest BCUT2D eigenvalue weighted by atomic mass is 16.5. The Morgan fingerprint density at radius 3 is 3.00 bits per heavy atom. The third-order valence-corrected chi connectivity index (χ3v) is 4.36. The molecule has 0 amide bonds. The number of ether oxygens (including phenoxy) is 1. The fourth-order valence-corrected chi connectivity index (χ4v) is 3.40. The molecule has 2 nitrogen and oxygen atoms in total. The van der Waals surface area contributed by atoms with Crippen molar-refractivity contribution in [1.82, 2.24) is 0 Å². The van der Waals surface area contributed by atoms with Crippen molar-refractivity contribution in [3.05, 3.63) is 41.5 Å². The SMILES string of the molecule is C=C(C)Cc1cccc2c1OC1(C)CC(=O)CC1C2. The van der Waals surface area contributed by atoms with E-state index in [9.17, 15) is 4.79 Å². The average Bonchev–Trinajstić information content (AvgIpc) is 2.59. The summed E-state index contributed by atoms with van der Waals surface area (Å²) in [4.78, 5) is 11.7. The van der Waals surface area contributed by atoms with Gasteiger partial charge in [0.05, 0.1) is 0 Å². The van der Waals surface area contributed by atoms with E-state index in [-0.39, 0.29) is 5.60 Å². The third kappa shape index (κ3) is 2.09. The molecule has 1 aliphatic heterocycles. The molecule has 100 valence electrons. The van der Waals surface area contributed by atoms with Crippen LogP contribution in [0.1, 0.15) is 37.8 Å². The molecule has 1 aromatic carbocycles. The van der Waals surface area contributed by atoms with Gasteiger partial charge in [0.25, 0.3) is 0 Å². The van der Waals surface area contributed by atoms with Gasteiger partial charge in [-0.3, -0.25) is 4.79 Å². The van der Waals surface area contributed by atoms with Crippen LogP contribution in [0, 0.1) is 5.92 Å². The number of ketones is 1. The summed E-state index contributed by atoms with van der Waals surface area (Å²) in [5, 5.41) is 0. The van der Waals surface area contributed by atoms with Gasteiger partial charge in [0.15, 0.2) is 0 Å². The van der Waals surface area contributed by atoms with Crippen LogP contribution in [0.15, 0.2) is 30.4 Å². The van der Waals surface area contributed by atoms with Crippen LogP contribution < -0.4 is 4.74 Å². The third-order valence-electron chi connectivity index (χ3n) is 4.36. The average molecular weight is 256 g/mol. The normalized spacial score (nSPS) is 28.5. The Hall–Kier alpha value is -1.57. The highest BCUT2D eigenvalue weighted by Gasteiger charge is 2.48. The van der Waals surface area contributed by atoms with E-state index in [2.05, 4.69) is 31.7 Å². The molecule has 1 saturated carbocycles. The maximum atomic E-state index is 11.7. The van der Waals surface area contributed by atoms with Crippen LogP contribution in [0.4, 0.5) is 0 Å². The van der Waals surface area contributed by atoms with Gasteiger partial charge in [-0.05, 0) is 37.8 Å². The molecule has 0 bridgehead atoms.